The van der Waals surface area contributed by atoms with E-state index in [4.69, 9.17) is 5.32 Å². The summed E-state index contributed by atoms with van der Waals surface area (Å²) in [5, 5.41) is 4.80. The fraction of sp³-hybridized carbons (Fsp3) is 0.222. The van der Waals surface area contributed by atoms with Crippen LogP contribution in [0.4, 0.5) is 11.4 Å². The fourth-order valence-corrected chi connectivity index (χ4v) is 4.94. The summed E-state index contributed by atoms with van der Waals surface area (Å²) in [6.45, 7) is 9.01. The van der Waals surface area contributed by atoms with Crippen LogP contribution in [0.2, 0.25) is 0 Å². The summed E-state index contributed by atoms with van der Waals surface area (Å²) in [7, 11) is 2.85. The smallest absolute Gasteiger partial charge is 0.210 e. The molecule has 2 aliphatic rings. The van der Waals surface area contributed by atoms with Crippen molar-refractivity contribution in [1.82, 2.24) is 0 Å². The van der Waals surface area contributed by atoms with Gasteiger partial charge in [-0.05, 0) is 19.3 Å². The van der Waals surface area contributed by atoms with Crippen LogP contribution in [0.15, 0.2) is 96.8 Å². The first kappa shape index (κ1) is 24.3. The minimum atomic E-state index is -0.0491. The zero-order valence-electron chi connectivity index (χ0n) is 18.6. The molecule has 2 nitrogen and oxygen atoms in total. The van der Waals surface area contributed by atoms with E-state index in [1.165, 1.54) is 22.5 Å². The second kappa shape index (κ2) is 9.66. The Kier molecular flexibility index (Phi) is 7.58. The van der Waals surface area contributed by atoms with Crippen LogP contribution in [0, 0.1) is 41.7 Å². The van der Waals surface area contributed by atoms with Gasteiger partial charge in [0.1, 0.15) is 0 Å². The van der Waals surface area contributed by atoms with E-state index in [2.05, 4.69) is 126 Å². The van der Waals surface area contributed by atoms with E-state index in [-0.39, 0.29) is 52.6 Å². The van der Waals surface area contributed by atoms with Gasteiger partial charge in [0.05, 0.1) is 5.41 Å². The minimum absolute atomic E-state index is 0. The van der Waals surface area contributed by atoms with Gasteiger partial charge in [-0.3, -0.25) is 0 Å². The van der Waals surface area contributed by atoms with E-state index < -0.39 is 0 Å². The van der Waals surface area contributed by atoms with Crippen LogP contribution in [0.5, 0.6) is 0 Å². The molecule has 1 unspecified atom stereocenters. The van der Waals surface area contributed by atoms with E-state index in [1.54, 1.807) is 0 Å². The number of para-hydroxylation sites is 2. The van der Waals surface area contributed by atoms with Gasteiger partial charge >= 0.3 is 0 Å². The fourth-order valence-electron chi connectivity index (χ4n) is 4.31. The molecule has 2 aromatic carbocycles. The van der Waals surface area contributed by atoms with Crippen molar-refractivity contribution in [2.75, 3.05) is 0 Å². The van der Waals surface area contributed by atoms with Gasteiger partial charge in [0.15, 0.2) is 15.1 Å². The van der Waals surface area contributed by atoms with Gasteiger partial charge in [-0.2, -0.15) is 4.35 Å². The molecule has 2 aliphatic heterocycles. The van der Waals surface area contributed by atoms with Crippen molar-refractivity contribution >= 4 is 26.5 Å². The molecule has 0 aliphatic carbocycles. The number of rotatable bonds is 4. The summed E-state index contributed by atoms with van der Waals surface area (Å²) >= 11 is 0. The van der Waals surface area contributed by atoms with Gasteiger partial charge in [-0.15, -0.1) is 11.4 Å². The van der Waals surface area contributed by atoms with Crippen LogP contribution in [0.25, 0.3) is 5.32 Å². The molecule has 0 aromatic heterocycles. The van der Waals surface area contributed by atoms with Crippen molar-refractivity contribution < 1.29 is 46.1 Å². The van der Waals surface area contributed by atoms with Crippen molar-refractivity contribution in [1.29, 1.82) is 0 Å². The van der Waals surface area contributed by atoms with Crippen molar-refractivity contribution in [3.8, 4) is 0 Å². The van der Waals surface area contributed by atoms with Crippen LogP contribution in [0.3, 0.4) is 0 Å². The molecule has 4 rings (SSSR count). The van der Waals surface area contributed by atoms with Gasteiger partial charge in [-0.25, -0.2) is 0 Å². The van der Waals surface area contributed by atoms with Crippen molar-refractivity contribution in [3.63, 3.8) is 0 Å². The summed E-state index contributed by atoms with van der Waals surface area (Å²) in [5.74, 6) is 0. The quantitative estimate of drug-likeness (QED) is 0.278. The summed E-state index contributed by atoms with van der Waals surface area (Å²) in [5.41, 5.74) is 7.31. The molecule has 0 radical (unpaired) electrons. The predicted molar refractivity (Wildman–Crippen MR) is 132 cm³/mol. The maximum atomic E-state index is 4.80. The van der Waals surface area contributed by atoms with Crippen molar-refractivity contribution in [2.45, 2.75) is 38.5 Å². The molecule has 0 bridgehead atoms. The number of benzene rings is 2. The van der Waals surface area contributed by atoms with Crippen molar-refractivity contribution in [2.24, 2.45) is 0 Å². The Morgan fingerprint density at radius 1 is 0.774 bits per heavy atom. The monoisotopic (exact) mass is 552 g/mol. The Morgan fingerprint density at radius 3 is 2.10 bits per heavy atom. The van der Waals surface area contributed by atoms with Crippen LogP contribution in [-0.2, 0) is 10.8 Å². The minimum Gasteiger partial charge on any atom is -0.660 e. The van der Waals surface area contributed by atoms with E-state index in [0.29, 0.717) is 0 Å². The second-order valence-corrected chi connectivity index (χ2v) is 9.35. The zero-order valence-corrected chi connectivity index (χ0v) is 22.9. The van der Waals surface area contributed by atoms with E-state index in [0.717, 1.165) is 11.4 Å². The molecular weight excluding hydrogens is 523 g/mol. The van der Waals surface area contributed by atoms with Gasteiger partial charge in [-0.1, -0.05) is 98.3 Å². The number of allylic oxidation sites excluding steroid dienone is 8. The molecule has 1 atom stereocenters. The summed E-state index contributed by atoms with van der Waals surface area (Å²) in [6, 6.07) is 17.0. The molecule has 2 heterocycles. The Bertz CT molecular complexity index is 1130. The first-order chi connectivity index (χ1) is 14.3. The summed E-state index contributed by atoms with van der Waals surface area (Å²) < 4.78 is 2.21. The van der Waals surface area contributed by atoms with Crippen LogP contribution < -0.4 is 0 Å². The first-order valence-electron chi connectivity index (χ1n) is 10.4. The van der Waals surface area contributed by atoms with E-state index in [1.807, 2.05) is 6.07 Å². The predicted octanol–water partition coefficient (Wildman–Crippen LogP) is 7.40. The Morgan fingerprint density at radius 2 is 1.39 bits per heavy atom. The average molecular weight is 553 g/mol. The molecule has 156 valence electrons. The summed E-state index contributed by atoms with van der Waals surface area (Å²) in [4.78, 5) is 0. The normalized spacial score (nSPS) is 19.8. The van der Waals surface area contributed by atoms with Crippen LogP contribution >= 0.6 is 9.39 Å². The first-order valence-corrected chi connectivity index (χ1v) is 10.9. The number of fused-ring (bicyclic) bond motifs is 2. The number of hydrogen-bond acceptors (Lipinski definition) is 0. The van der Waals surface area contributed by atoms with E-state index >= 15 is 0 Å². The third-order valence-electron chi connectivity index (χ3n) is 6.15. The Balaban J connectivity index is 0.00000272. The molecule has 0 saturated carbocycles. The average Bonchev–Trinajstić information content (AvgIpc) is 3.10. The molecule has 0 amide bonds. The molecule has 0 saturated heterocycles. The van der Waals surface area contributed by atoms with Gasteiger partial charge in [0.2, 0.25) is 5.69 Å². The molecule has 0 fully saturated rings. The topological polar surface area (TPSA) is 17.1 Å². The zero-order chi connectivity index (χ0) is 21.4. The molecule has 31 heavy (non-hydrogen) atoms. The maximum Gasteiger partial charge on any atom is 0.210 e. The summed E-state index contributed by atoms with van der Waals surface area (Å²) in [6.07, 6.45) is 14.7. The largest absolute Gasteiger partial charge is 0.660 e. The Hall–Kier alpha value is -1.32. The van der Waals surface area contributed by atoms with Crippen molar-refractivity contribution in [3.05, 3.63) is 113 Å². The number of hydrogen-bond donors (Lipinski definition) is 0. The third-order valence-corrected chi connectivity index (χ3v) is 6.70. The van der Waals surface area contributed by atoms with Gasteiger partial charge < -0.3 is 5.32 Å². The van der Waals surface area contributed by atoms with Gasteiger partial charge in [0, 0.05) is 59.5 Å². The van der Waals surface area contributed by atoms with Gasteiger partial charge in [0.25, 0.3) is 0 Å². The number of nitrogens with zero attached hydrogens (tertiary/aromatic N) is 2. The maximum absolute atomic E-state index is 4.80. The second-order valence-electron chi connectivity index (χ2n) is 8.83. The molecule has 0 N–H and O–H groups in total. The van der Waals surface area contributed by atoms with Crippen LogP contribution in [0.1, 0.15) is 38.8 Å². The molecular formula is C27H29CeN2P. The molecule has 0 spiro atoms. The molecule has 2 aromatic rings. The molecule has 4 heteroatoms. The standard InChI is InChI=1S/C27H29N2P.Ce/c1-26(2)20-14-10-12-16-22(20)28-24(26)18-8-6-5-7-9-19-25-27(3,4)21-15-11-13-17-23(21)29(25)30;/h5-19H,30H2,1-4H3;. The Labute approximate surface area is 222 Å². The third kappa shape index (κ3) is 4.59. The van der Waals surface area contributed by atoms with E-state index in [9.17, 15) is 0 Å². The van der Waals surface area contributed by atoms with Crippen LogP contribution in [-0.4, -0.2) is 10.1 Å². The SMILES string of the molecule is CC1(C)C(/C=C/C=C/C=C/C=C2\[N-]c3ccccc3C2(C)C)=[N+](P)c2ccccc21.[Ce].